The lowest BCUT2D eigenvalue weighted by Crippen LogP contribution is -2.52. The highest BCUT2D eigenvalue weighted by molar-refractivity contribution is 5.98. The second-order valence-corrected chi connectivity index (χ2v) is 7.21. The smallest absolute Gasteiger partial charge is 0.255 e. The van der Waals surface area contributed by atoms with Gasteiger partial charge in [-0.05, 0) is 25.0 Å². The van der Waals surface area contributed by atoms with Gasteiger partial charge in [0.25, 0.3) is 5.91 Å². The van der Waals surface area contributed by atoms with E-state index in [0.717, 1.165) is 39.1 Å². The van der Waals surface area contributed by atoms with Crippen LogP contribution in [0, 0.1) is 5.92 Å². The summed E-state index contributed by atoms with van der Waals surface area (Å²) in [5.41, 5.74) is 0.436. The number of hydrogen-bond donors (Lipinski definition) is 2. The average Bonchev–Trinajstić information content (AvgIpc) is 2.76. The van der Waals surface area contributed by atoms with Crippen molar-refractivity contribution in [3.05, 3.63) is 29.8 Å². The fraction of sp³-hybridized carbons (Fsp3) is 0.636. The Labute approximate surface area is 174 Å². The molecule has 0 radical (unpaired) electrons. The zero-order chi connectivity index (χ0) is 21.1. The Hall–Kier alpha value is -2.12. The van der Waals surface area contributed by atoms with Gasteiger partial charge in [-0.1, -0.05) is 38.8 Å². The molecular formula is C22H35N3O4. The molecule has 1 heterocycles. The second-order valence-electron chi connectivity index (χ2n) is 7.21. The van der Waals surface area contributed by atoms with E-state index in [1.54, 1.807) is 18.2 Å². The third-order valence-electron chi connectivity index (χ3n) is 5.46. The molecule has 1 aliphatic heterocycles. The Bertz CT molecular complexity index is 643. The van der Waals surface area contributed by atoms with Gasteiger partial charge in [-0.2, -0.15) is 0 Å². The zero-order valence-corrected chi connectivity index (χ0v) is 17.9. The number of carbonyl (C=O) groups excluding carboxylic acids is 2. The van der Waals surface area contributed by atoms with Crippen LogP contribution in [0.3, 0.4) is 0 Å². The summed E-state index contributed by atoms with van der Waals surface area (Å²) in [6.45, 7) is 10.5. The van der Waals surface area contributed by atoms with Gasteiger partial charge in [-0.15, -0.1) is 0 Å². The molecule has 0 saturated carbocycles. The van der Waals surface area contributed by atoms with E-state index in [0.29, 0.717) is 30.4 Å². The molecule has 162 valence electrons. The molecule has 0 spiro atoms. The van der Waals surface area contributed by atoms with Crippen molar-refractivity contribution < 1.29 is 19.1 Å². The van der Waals surface area contributed by atoms with Gasteiger partial charge < -0.3 is 20.1 Å². The standard InChI is InChI=1S/C22H35N3O4/c1-4-17(5-2)19(25-11-13-28-14-12-25)15-23-21(26)16-24-22(27)18-9-7-8-10-20(18)29-6-3/h7-10,17,19H,4-6,11-16H2,1-3H3,(H,23,26)(H,24,27). The van der Waals surface area contributed by atoms with Gasteiger partial charge >= 0.3 is 0 Å². The second kappa shape index (κ2) is 12.4. The van der Waals surface area contributed by atoms with Crippen molar-refractivity contribution in [2.75, 3.05) is 46.0 Å². The first-order valence-electron chi connectivity index (χ1n) is 10.7. The summed E-state index contributed by atoms with van der Waals surface area (Å²) in [5.74, 6) is 0.542. The lowest BCUT2D eigenvalue weighted by molar-refractivity contribution is -0.120. The van der Waals surface area contributed by atoms with Crippen LogP contribution in [0.5, 0.6) is 5.75 Å². The SMILES string of the molecule is CCOc1ccccc1C(=O)NCC(=O)NCC(C(CC)CC)N1CCOCC1. The minimum atomic E-state index is -0.311. The van der Waals surface area contributed by atoms with Crippen LogP contribution >= 0.6 is 0 Å². The minimum Gasteiger partial charge on any atom is -0.493 e. The summed E-state index contributed by atoms with van der Waals surface area (Å²) in [6.07, 6.45) is 2.14. The molecule has 1 aromatic carbocycles. The average molecular weight is 406 g/mol. The van der Waals surface area contributed by atoms with Crippen LogP contribution in [0.4, 0.5) is 0 Å². The van der Waals surface area contributed by atoms with Crippen molar-refractivity contribution in [3.63, 3.8) is 0 Å². The molecule has 0 aromatic heterocycles. The number of hydrogen-bond acceptors (Lipinski definition) is 5. The van der Waals surface area contributed by atoms with Crippen LogP contribution in [0.25, 0.3) is 0 Å². The number of nitrogens with zero attached hydrogens (tertiary/aromatic N) is 1. The zero-order valence-electron chi connectivity index (χ0n) is 17.9. The molecule has 1 aliphatic rings. The highest BCUT2D eigenvalue weighted by Gasteiger charge is 2.27. The molecule has 0 bridgehead atoms. The summed E-state index contributed by atoms with van der Waals surface area (Å²) < 4.78 is 11.0. The van der Waals surface area contributed by atoms with Gasteiger partial charge in [-0.25, -0.2) is 0 Å². The summed E-state index contributed by atoms with van der Waals surface area (Å²) >= 11 is 0. The van der Waals surface area contributed by atoms with Crippen LogP contribution in [-0.2, 0) is 9.53 Å². The normalized spacial score (nSPS) is 15.7. The third-order valence-corrected chi connectivity index (χ3v) is 5.46. The van der Waals surface area contributed by atoms with E-state index in [-0.39, 0.29) is 24.4 Å². The van der Waals surface area contributed by atoms with E-state index in [9.17, 15) is 9.59 Å². The van der Waals surface area contributed by atoms with Crippen molar-refractivity contribution >= 4 is 11.8 Å². The van der Waals surface area contributed by atoms with Gasteiger partial charge in [-0.3, -0.25) is 14.5 Å². The monoisotopic (exact) mass is 405 g/mol. The molecule has 2 N–H and O–H groups in total. The highest BCUT2D eigenvalue weighted by atomic mass is 16.5. The maximum atomic E-state index is 12.4. The molecule has 1 fully saturated rings. The van der Waals surface area contributed by atoms with E-state index in [1.807, 2.05) is 13.0 Å². The maximum absolute atomic E-state index is 12.4. The number of carbonyl (C=O) groups is 2. The topological polar surface area (TPSA) is 79.9 Å². The fourth-order valence-electron chi connectivity index (χ4n) is 3.81. The highest BCUT2D eigenvalue weighted by Crippen LogP contribution is 2.20. The molecule has 1 aromatic rings. The number of rotatable bonds is 11. The van der Waals surface area contributed by atoms with Crippen LogP contribution < -0.4 is 15.4 Å². The summed E-state index contributed by atoms with van der Waals surface area (Å²) in [5, 5.41) is 5.70. The molecule has 1 saturated heterocycles. The Balaban J connectivity index is 1.87. The summed E-state index contributed by atoms with van der Waals surface area (Å²) in [4.78, 5) is 27.2. The lowest BCUT2D eigenvalue weighted by atomic mass is 9.92. The van der Waals surface area contributed by atoms with Crippen molar-refractivity contribution in [2.45, 2.75) is 39.7 Å². The molecule has 2 rings (SSSR count). The Morgan fingerprint density at radius 2 is 1.79 bits per heavy atom. The van der Waals surface area contributed by atoms with Crippen molar-refractivity contribution in [2.24, 2.45) is 5.92 Å². The van der Waals surface area contributed by atoms with Crippen molar-refractivity contribution in [3.8, 4) is 5.75 Å². The van der Waals surface area contributed by atoms with E-state index in [4.69, 9.17) is 9.47 Å². The number of ether oxygens (including phenoxy) is 2. The van der Waals surface area contributed by atoms with Crippen LogP contribution in [-0.4, -0.2) is 68.8 Å². The Morgan fingerprint density at radius 1 is 1.10 bits per heavy atom. The third kappa shape index (κ3) is 7.01. The van der Waals surface area contributed by atoms with Crippen molar-refractivity contribution in [1.82, 2.24) is 15.5 Å². The molecule has 7 nitrogen and oxygen atoms in total. The first-order chi connectivity index (χ1) is 14.1. The van der Waals surface area contributed by atoms with Crippen LogP contribution in [0.2, 0.25) is 0 Å². The summed E-state index contributed by atoms with van der Waals surface area (Å²) in [6, 6.07) is 7.33. The summed E-state index contributed by atoms with van der Waals surface area (Å²) in [7, 11) is 0. The van der Waals surface area contributed by atoms with Gasteiger partial charge in [0.2, 0.25) is 5.91 Å². The van der Waals surface area contributed by atoms with E-state index < -0.39 is 0 Å². The molecule has 1 atom stereocenters. The number of morpholine rings is 1. The number of amides is 2. The minimum absolute atomic E-state index is 0.0575. The lowest BCUT2D eigenvalue weighted by Gasteiger charge is -2.38. The maximum Gasteiger partial charge on any atom is 0.255 e. The number of para-hydroxylation sites is 1. The molecule has 29 heavy (non-hydrogen) atoms. The van der Waals surface area contributed by atoms with Crippen LogP contribution in [0.15, 0.2) is 24.3 Å². The van der Waals surface area contributed by atoms with Crippen LogP contribution in [0.1, 0.15) is 44.0 Å². The quantitative estimate of drug-likeness (QED) is 0.589. The first kappa shape index (κ1) is 23.2. The predicted octanol–water partition coefficient (Wildman–Crippen LogP) is 2.07. The van der Waals surface area contributed by atoms with Gasteiger partial charge in [0.15, 0.2) is 0 Å². The predicted molar refractivity (Wildman–Crippen MR) is 113 cm³/mol. The molecular weight excluding hydrogens is 370 g/mol. The largest absolute Gasteiger partial charge is 0.493 e. The Kier molecular flexibility index (Phi) is 9.94. The van der Waals surface area contributed by atoms with Gasteiger partial charge in [0.1, 0.15) is 5.75 Å². The van der Waals surface area contributed by atoms with E-state index >= 15 is 0 Å². The van der Waals surface area contributed by atoms with E-state index in [1.165, 1.54) is 0 Å². The van der Waals surface area contributed by atoms with Crippen molar-refractivity contribution in [1.29, 1.82) is 0 Å². The van der Waals surface area contributed by atoms with Gasteiger partial charge in [0, 0.05) is 25.7 Å². The number of nitrogens with one attached hydrogen (secondary N) is 2. The molecule has 7 heteroatoms. The fourth-order valence-corrected chi connectivity index (χ4v) is 3.81. The molecule has 0 aliphatic carbocycles. The molecule has 2 amide bonds. The number of benzene rings is 1. The first-order valence-corrected chi connectivity index (χ1v) is 10.7. The van der Waals surface area contributed by atoms with Gasteiger partial charge in [0.05, 0.1) is 31.9 Å². The molecule has 1 unspecified atom stereocenters. The van der Waals surface area contributed by atoms with E-state index in [2.05, 4.69) is 29.4 Å². The Morgan fingerprint density at radius 3 is 2.45 bits per heavy atom.